The van der Waals surface area contributed by atoms with Crippen LogP contribution in [0.4, 0.5) is 0 Å². The first-order valence-corrected chi connectivity index (χ1v) is 11.7. The third kappa shape index (κ3) is 1.73. The van der Waals surface area contributed by atoms with Crippen molar-refractivity contribution in [2.24, 2.45) is 0 Å². The number of fused-ring (bicyclic) bond motifs is 2. The van der Waals surface area contributed by atoms with Crippen molar-refractivity contribution in [1.29, 1.82) is 0 Å². The van der Waals surface area contributed by atoms with Gasteiger partial charge in [-0.25, -0.2) is 0 Å². The van der Waals surface area contributed by atoms with E-state index in [-0.39, 0.29) is 0 Å². The van der Waals surface area contributed by atoms with Crippen LogP contribution in [0.3, 0.4) is 0 Å². The Balaban J connectivity index is 2.05. The van der Waals surface area contributed by atoms with Crippen LogP contribution in [0.5, 0.6) is 0 Å². The van der Waals surface area contributed by atoms with Crippen LogP contribution in [0.15, 0.2) is 54.6 Å². The standard InChI is InChI=1S/C21H19NSi/c1-23(2,3)19-12-17-16-10-9-14-6-4-5-13-7-8-15(11-18(17)22-19)21(16)20(13)14/h4-12,22H,1-3H3. The lowest BCUT2D eigenvalue weighted by atomic mass is 9.93. The Morgan fingerprint density at radius 2 is 1.39 bits per heavy atom. The second-order valence-corrected chi connectivity index (χ2v) is 12.7. The Labute approximate surface area is 136 Å². The molecule has 0 radical (unpaired) electrons. The highest BCUT2D eigenvalue weighted by molar-refractivity contribution is 6.88. The summed E-state index contributed by atoms with van der Waals surface area (Å²) >= 11 is 0. The van der Waals surface area contributed by atoms with Crippen LogP contribution in [-0.2, 0) is 0 Å². The molecule has 0 aliphatic heterocycles. The van der Waals surface area contributed by atoms with E-state index >= 15 is 0 Å². The van der Waals surface area contributed by atoms with Crippen molar-refractivity contribution >= 4 is 56.6 Å². The van der Waals surface area contributed by atoms with Crippen molar-refractivity contribution in [2.75, 3.05) is 0 Å². The number of nitrogens with one attached hydrogen (secondary N) is 1. The van der Waals surface area contributed by atoms with Crippen molar-refractivity contribution in [3.8, 4) is 0 Å². The molecule has 1 N–H and O–H groups in total. The van der Waals surface area contributed by atoms with Crippen molar-refractivity contribution in [2.45, 2.75) is 19.6 Å². The molecule has 23 heavy (non-hydrogen) atoms. The summed E-state index contributed by atoms with van der Waals surface area (Å²) in [4.78, 5) is 3.70. The van der Waals surface area contributed by atoms with Crippen LogP contribution in [0, 0.1) is 0 Å². The van der Waals surface area contributed by atoms with Gasteiger partial charge in [-0.15, -0.1) is 0 Å². The maximum atomic E-state index is 3.70. The number of H-pyrrole nitrogens is 1. The number of hydrogen-bond acceptors (Lipinski definition) is 0. The van der Waals surface area contributed by atoms with Crippen molar-refractivity contribution in [3.05, 3.63) is 54.6 Å². The molecule has 0 aliphatic rings. The smallest absolute Gasteiger partial charge is 0.0982 e. The average molecular weight is 313 g/mol. The lowest BCUT2D eigenvalue weighted by Crippen LogP contribution is -2.38. The summed E-state index contributed by atoms with van der Waals surface area (Å²) in [6.45, 7) is 7.19. The molecule has 5 aromatic rings. The Morgan fingerprint density at radius 3 is 2.13 bits per heavy atom. The minimum atomic E-state index is -1.35. The van der Waals surface area contributed by atoms with Gasteiger partial charge in [-0.3, -0.25) is 0 Å². The van der Waals surface area contributed by atoms with Crippen LogP contribution in [-0.4, -0.2) is 13.1 Å². The number of benzene rings is 4. The van der Waals surface area contributed by atoms with E-state index in [1.807, 2.05) is 0 Å². The molecule has 2 heteroatoms. The summed E-state index contributed by atoms with van der Waals surface area (Å²) < 4.78 is 0. The first kappa shape index (κ1) is 13.1. The van der Waals surface area contributed by atoms with Crippen LogP contribution in [0.1, 0.15) is 0 Å². The number of rotatable bonds is 1. The van der Waals surface area contributed by atoms with E-state index in [0.29, 0.717) is 0 Å². The minimum Gasteiger partial charge on any atom is -0.362 e. The largest absolute Gasteiger partial charge is 0.362 e. The van der Waals surface area contributed by atoms with E-state index in [1.54, 1.807) is 0 Å². The van der Waals surface area contributed by atoms with Crippen LogP contribution in [0.25, 0.3) is 43.2 Å². The molecule has 0 aliphatic carbocycles. The van der Waals surface area contributed by atoms with Gasteiger partial charge in [0.1, 0.15) is 0 Å². The zero-order valence-corrected chi connectivity index (χ0v) is 14.7. The SMILES string of the molecule is C[Si](C)(C)c1cc2c(cc3ccc4cccc5ccc2c3c45)[nH]1. The molecule has 0 fully saturated rings. The predicted octanol–water partition coefficient (Wildman–Crippen LogP) is 5.61. The molecule has 112 valence electrons. The van der Waals surface area contributed by atoms with Gasteiger partial charge >= 0.3 is 0 Å². The molecule has 0 bridgehead atoms. The fourth-order valence-electron chi connectivity index (χ4n) is 3.82. The highest BCUT2D eigenvalue weighted by Crippen LogP contribution is 2.37. The molecule has 0 unspecified atom stereocenters. The average Bonchev–Trinajstić information content (AvgIpc) is 2.96. The van der Waals surface area contributed by atoms with E-state index < -0.39 is 8.07 Å². The van der Waals surface area contributed by atoms with Crippen LogP contribution < -0.4 is 5.32 Å². The third-order valence-corrected chi connectivity index (χ3v) is 6.94. The molecule has 0 spiro atoms. The fourth-order valence-corrected chi connectivity index (χ4v) is 4.91. The highest BCUT2D eigenvalue weighted by atomic mass is 28.3. The maximum Gasteiger partial charge on any atom is 0.0982 e. The van der Waals surface area contributed by atoms with Crippen LogP contribution in [0.2, 0.25) is 19.6 Å². The molecule has 0 amide bonds. The normalized spacial score (nSPS) is 13.0. The van der Waals surface area contributed by atoms with E-state index in [1.165, 1.54) is 48.5 Å². The second kappa shape index (κ2) is 4.15. The summed E-state index contributed by atoms with van der Waals surface area (Å²) in [7, 11) is -1.35. The monoisotopic (exact) mass is 313 g/mol. The molecular weight excluding hydrogens is 294 g/mol. The number of hydrogen-bond donors (Lipinski definition) is 1. The Bertz CT molecular complexity index is 1180. The Kier molecular flexibility index (Phi) is 2.37. The van der Waals surface area contributed by atoms with Crippen molar-refractivity contribution in [3.63, 3.8) is 0 Å². The van der Waals surface area contributed by atoms with Gasteiger partial charge in [-0.1, -0.05) is 62.1 Å². The lowest BCUT2D eigenvalue weighted by molar-refractivity contribution is 1.50. The van der Waals surface area contributed by atoms with Crippen molar-refractivity contribution in [1.82, 2.24) is 4.98 Å². The van der Waals surface area contributed by atoms with Gasteiger partial charge in [-0.05, 0) is 49.8 Å². The summed E-state index contributed by atoms with van der Waals surface area (Å²) in [6, 6.07) is 20.4. The van der Waals surface area contributed by atoms with Gasteiger partial charge < -0.3 is 4.98 Å². The molecule has 1 heterocycles. The Morgan fingerprint density at radius 1 is 0.696 bits per heavy atom. The zero-order chi connectivity index (χ0) is 15.8. The lowest BCUT2D eigenvalue weighted by Gasteiger charge is -2.12. The summed E-state index contributed by atoms with van der Waals surface area (Å²) in [5.74, 6) is 0. The van der Waals surface area contributed by atoms with Gasteiger partial charge in [0.15, 0.2) is 0 Å². The van der Waals surface area contributed by atoms with Crippen LogP contribution >= 0.6 is 0 Å². The van der Waals surface area contributed by atoms with E-state index in [9.17, 15) is 0 Å². The molecule has 1 aromatic heterocycles. The summed E-state index contributed by atoms with van der Waals surface area (Å²) in [5, 5.41) is 11.0. The quantitative estimate of drug-likeness (QED) is 0.306. The predicted molar refractivity (Wildman–Crippen MR) is 105 cm³/mol. The van der Waals surface area contributed by atoms with Gasteiger partial charge in [0, 0.05) is 10.9 Å². The van der Waals surface area contributed by atoms with Crippen molar-refractivity contribution < 1.29 is 0 Å². The van der Waals surface area contributed by atoms with E-state index in [0.717, 1.165) is 0 Å². The van der Waals surface area contributed by atoms with E-state index in [2.05, 4.69) is 79.2 Å². The van der Waals surface area contributed by atoms with Gasteiger partial charge in [0.05, 0.1) is 8.07 Å². The first-order valence-electron chi connectivity index (χ1n) is 8.22. The third-order valence-electron chi connectivity index (χ3n) is 5.06. The van der Waals surface area contributed by atoms with Gasteiger partial charge in [0.25, 0.3) is 0 Å². The molecule has 5 rings (SSSR count). The summed E-state index contributed by atoms with van der Waals surface area (Å²) in [6.07, 6.45) is 0. The first-order chi connectivity index (χ1) is 11.0. The maximum absolute atomic E-state index is 3.70. The van der Waals surface area contributed by atoms with E-state index in [4.69, 9.17) is 0 Å². The molecular formula is C21H19NSi. The highest BCUT2D eigenvalue weighted by Gasteiger charge is 2.20. The fraction of sp³-hybridized carbons (Fsp3) is 0.143. The molecule has 0 saturated carbocycles. The number of aromatic amines is 1. The minimum absolute atomic E-state index is 1.27. The zero-order valence-electron chi connectivity index (χ0n) is 13.7. The molecule has 4 aromatic carbocycles. The van der Waals surface area contributed by atoms with Gasteiger partial charge in [0.2, 0.25) is 0 Å². The topological polar surface area (TPSA) is 15.8 Å². The molecule has 0 atom stereocenters. The molecule has 0 saturated heterocycles. The molecule has 1 nitrogen and oxygen atoms in total. The summed E-state index contributed by atoms with van der Waals surface area (Å²) in [5.41, 5.74) is 1.27. The van der Waals surface area contributed by atoms with Gasteiger partial charge in [-0.2, -0.15) is 0 Å². The number of aromatic nitrogens is 1. The Hall–Kier alpha value is -2.32. The second-order valence-electron chi connectivity index (χ2n) is 7.63.